The van der Waals surface area contributed by atoms with Crippen molar-refractivity contribution in [2.24, 2.45) is 5.41 Å². The summed E-state index contributed by atoms with van der Waals surface area (Å²) in [5.74, 6) is -2.94. The van der Waals surface area contributed by atoms with Crippen molar-refractivity contribution in [2.45, 2.75) is 25.6 Å². The number of aliphatic carboxylic acids is 1. The molecule has 0 aliphatic carbocycles. The summed E-state index contributed by atoms with van der Waals surface area (Å²) in [6, 6.07) is 5.99. The number of benzene rings is 1. The van der Waals surface area contributed by atoms with Gasteiger partial charge >= 0.3 is 12.1 Å². The third-order valence-corrected chi connectivity index (χ3v) is 4.74. The number of hydrogen-bond acceptors (Lipinski definition) is 4. The summed E-state index contributed by atoms with van der Waals surface area (Å²) in [6.07, 6.45) is -4.27. The molecule has 1 aliphatic heterocycles. The lowest BCUT2D eigenvalue weighted by atomic mass is 9.80. The van der Waals surface area contributed by atoms with Crippen LogP contribution in [0.25, 0.3) is 11.0 Å². The average Bonchev–Trinajstić information content (AvgIpc) is 3.00. The molecule has 1 aliphatic rings. The first kappa shape index (κ1) is 19.2. The number of fused-ring (bicyclic) bond motifs is 1. The van der Waals surface area contributed by atoms with Gasteiger partial charge in [0, 0.05) is 19.8 Å². The number of carbonyl (C=O) groups excluding carboxylic acids is 1. The van der Waals surface area contributed by atoms with E-state index in [0.29, 0.717) is 0 Å². The Morgan fingerprint density at radius 1 is 1.26 bits per heavy atom. The number of para-hydroxylation sites is 2. The minimum absolute atomic E-state index is 0.129. The average molecular weight is 385 g/mol. The number of carboxylic acids is 1. The maximum atomic E-state index is 13.3. The Labute approximate surface area is 152 Å². The lowest BCUT2D eigenvalue weighted by molar-refractivity contribution is -0.154. The van der Waals surface area contributed by atoms with Crippen LogP contribution in [0.4, 0.5) is 13.2 Å². The van der Waals surface area contributed by atoms with Gasteiger partial charge in [0.15, 0.2) is 0 Å². The van der Waals surface area contributed by atoms with Crippen molar-refractivity contribution < 1.29 is 32.6 Å². The maximum absolute atomic E-state index is 13.3. The molecule has 0 atom stereocenters. The summed E-state index contributed by atoms with van der Waals surface area (Å²) >= 11 is 0. The maximum Gasteiger partial charge on any atom is 0.449 e. The summed E-state index contributed by atoms with van der Waals surface area (Å²) in [4.78, 5) is 27.5. The molecule has 1 aromatic carbocycles. The summed E-state index contributed by atoms with van der Waals surface area (Å²) in [7, 11) is 0. The van der Waals surface area contributed by atoms with Crippen molar-refractivity contribution in [1.29, 1.82) is 0 Å². The molecule has 0 saturated carbocycles. The fourth-order valence-electron chi connectivity index (χ4n) is 3.15. The second-order valence-corrected chi connectivity index (χ2v) is 6.48. The van der Waals surface area contributed by atoms with Gasteiger partial charge in [0.05, 0.1) is 16.4 Å². The molecule has 1 amide bonds. The van der Waals surface area contributed by atoms with Gasteiger partial charge in [-0.25, -0.2) is 4.98 Å². The molecule has 0 radical (unpaired) electrons. The van der Waals surface area contributed by atoms with E-state index in [1.54, 1.807) is 12.1 Å². The molecule has 1 fully saturated rings. The minimum Gasteiger partial charge on any atom is -0.481 e. The molecular weight excluding hydrogens is 367 g/mol. The highest BCUT2D eigenvalue weighted by Crippen LogP contribution is 2.32. The Hall–Kier alpha value is -2.62. The number of rotatable bonds is 5. The fraction of sp³-hybridized carbons (Fsp3) is 0.471. The predicted molar refractivity (Wildman–Crippen MR) is 87.9 cm³/mol. The van der Waals surface area contributed by atoms with Gasteiger partial charge in [0.25, 0.3) is 0 Å². The van der Waals surface area contributed by atoms with Crippen LogP contribution in [0.5, 0.6) is 0 Å². The SMILES string of the molecule is O=C(Cn1c(C(F)(F)F)nc2ccccc21)NCC1(C(=O)O)CCOCC1. The molecule has 10 heteroatoms. The van der Waals surface area contributed by atoms with Crippen LogP contribution < -0.4 is 5.32 Å². The van der Waals surface area contributed by atoms with E-state index in [2.05, 4.69) is 10.3 Å². The second kappa shape index (κ2) is 7.18. The van der Waals surface area contributed by atoms with Gasteiger partial charge in [-0.15, -0.1) is 0 Å². The first-order valence-corrected chi connectivity index (χ1v) is 8.33. The number of alkyl halides is 3. The zero-order chi connectivity index (χ0) is 19.7. The molecule has 0 unspecified atom stereocenters. The molecule has 1 saturated heterocycles. The Bertz CT molecular complexity index is 857. The van der Waals surface area contributed by atoms with Crippen molar-refractivity contribution in [3.05, 3.63) is 30.1 Å². The lowest BCUT2D eigenvalue weighted by Gasteiger charge is -2.33. The van der Waals surface area contributed by atoms with E-state index in [9.17, 15) is 27.9 Å². The number of halogens is 3. The minimum atomic E-state index is -4.72. The molecular formula is C17H18F3N3O4. The zero-order valence-corrected chi connectivity index (χ0v) is 14.3. The van der Waals surface area contributed by atoms with E-state index in [1.165, 1.54) is 12.1 Å². The smallest absolute Gasteiger partial charge is 0.449 e. The van der Waals surface area contributed by atoms with Crippen LogP contribution in [0.3, 0.4) is 0 Å². The molecule has 0 spiro atoms. The Kier molecular flexibility index (Phi) is 5.09. The second-order valence-electron chi connectivity index (χ2n) is 6.48. The van der Waals surface area contributed by atoms with Gasteiger partial charge in [-0.3, -0.25) is 9.59 Å². The third kappa shape index (κ3) is 3.90. The van der Waals surface area contributed by atoms with Gasteiger partial charge in [0.1, 0.15) is 6.54 Å². The lowest BCUT2D eigenvalue weighted by Crippen LogP contribution is -2.47. The van der Waals surface area contributed by atoms with Crippen molar-refractivity contribution in [3.8, 4) is 0 Å². The topological polar surface area (TPSA) is 93.5 Å². The number of imidazole rings is 1. The van der Waals surface area contributed by atoms with E-state index >= 15 is 0 Å². The van der Waals surface area contributed by atoms with Crippen LogP contribution in [0.1, 0.15) is 18.7 Å². The first-order chi connectivity index (χ1) is 12.7. The molecule has 0 bridgehead atoms. The number of ether oxygens (including phenoxy) is 1. The van der Waals surface area contributed by atoms with Gasteiger partial charge < -0.3 is 19.7 Å². The normalized spacial score (nSPS) is 17.0. The molecule has 7 nitrogen and oxygen atoms in total. The van der Waals surface area contributed by atoms with Crippen molar-refractivity contribution >= 4 is 22.9 Å². The standard InChI is InChI=1S/C17H18F3N3O4/c18-17(19,20)14-22-11-3-1-2-4-12(11)23(14)9-13(24)21-10-16(15(25)26)5-7-27-8-6-16/h1-4H,5-10H2,(H,21,24)(H,25,26). The number of carboxylic acid groups (broad SMARTS) is 1. The largest absolute Gasteiger partial charge is 0.481 e. The summed E-state index contributed by atoms with van der Waals surface area (Å²) in [5, 5.41) is 11.9. The highest BCUT2D eigenvalue weighted by atomic mass is 19.4. The quantitative estimate of drug-likeness (QED) is 0.822. The van der Waals surface area contributed by atoms with Crippen molar-refractivity contribution in [1.82, 2.24) is 14.9 Å². The highest BCUT2D eigenvalue weighted by molar-refractivity contribution is 5.82. The summed E-state index contributed by atoms with van der Waals surface area (Å²) in [6.45, 7) is -0.265. The van der Waals surface area contributed by atoms with E-state index in [-0.39, 0.29) is 43.6 Å². The number of amides is 1. The van der Waals surface area contributed by atoms with E-state index in [4.69, 9.17) is 4.74 Å². The molecule has 146 valence electrons. The van der Waals surface area contributed by atoms with E-state index in [0.717, 1.165) is 4.57 Å². The van der Waals surface area contributed by atoms with Crippen molar-refractivity contribution in [2.75, 3.05) is 19.8 Å². The van der Waals surface area contributed by atoms with Crippen LogP contribution in [-0.2, 0) is 27.0 Å². The van der Waals surface area contributed by atoms with Crippen molar-refractivity contribution in [3.63, 3.8) is 0 Å². The van der Waals surface area contributed by atoms with E-state index < -0.39 is 35.8 Å². The molecule has 3 rings (SSSR count). The monoisotopic (exact) mass is 385 g/mol. The summed E-state index contributed by atoms with van der Waals surface area (Å²) in [5.41, 5.74) is -0.860. The van der Waals surface area contributed by atoms with Crippen LogP contribution in [0, 0.1) is 5.41 Å². The Morgan fingerprint density at radius 3 is 2.56 bits per heavy atom. The number of aromatic nitrogens is 2. The van der Waals surface area contributed by atoms with Gasteiger partial charge in [-0.2, -0.15) is 13.2 Å². The number of carbonyl (C=O) groups is 2. The number of nitrogens with one attached hydrogen (secondary N) is 1. The highest BCUT2D eigenvalue weighted by Gasteiger charge is 2.41. The summed E-state index contributed by atoms with van der Waals surface area (Å²) < 4.78 is 45.8. The van der Waals surface area contributed by atoms with Crippen LogP contribution in [0.2, 0.25) is 0 Å². The molecule has 2 N–H and O–H groups in total. The molecule has 27 heavy (non-hydrogen) atoms. The van der Waals surface area contributed by atoms with Crippen LogP contribution in [0.15, 0.2) is 24.3 Å². The predicted octanol–water partition coefficient (Wildman–Crippen LogP) is 2.05. The molecule has 2 heterocycles. The molecule has 1 aromatic heterocycles. The number of hydrogen-bond donors (Lipinski definition) is 2. The van der Waals surface area contributed by atoms with Crippen LogP contribution >= 0.6 is 0 Å². The van der Waals surface area contributed by atoms with Gasteiger partial charge in [0.2, 0.25) is 11.7 Å². The molecule has 2 aromatic rings. The third-order valence-electron chi connectivity index (χ3n) is 4.74. The van der Waals surface area contributed by atoms with Crippen LogP contribution in [-0.4, -0.2) is 46.3 Å². The fourth-order valence-corrected chi connectivity index (χ4v) is 3.15. The number of nitrogens with zero attached hydrogens (tertiary/aromatic N) is 2. The zero-order valence-electron chi connectivity index (χ0n) is 14.3. The van der Waals surface area contributed by atoms with Gasteiger partial charge in [-0.1, -0.05) is 12.1 Å². The Balaban J connectivity index is 1.79. The van der Waals surface area contributed by atoms with E-state index in [1.807, 2.05) is 0 Å². The van der Waals surface area contributed by atoms with Gasteiger partial charge in [-0.05, 0) is 25.0 Å². The first-order valence-electron chi connectivity index (χ1n) is 8.33. The Morgan fingerprint density at radius 2 is 1.93 bits per heavy atom.